The lowest BCUT2D eigenvalue weighted by atomic mass is 10.0. The van der Waals surface area contributed by atoms with Gasteiger partial charge in [0.1, 0.15) is 0 Å². The van der Waals surface area contributed by atoms with Crippen molar-refractivity contribution in [2.45, 2.75) is 0 Å². The number of carbonyl (C=O) groups is 1. The molecule has 17 heavy (non-hydrogen) atoms. The minimum Gasteiger partial charge on any atom is -0.338 e. The van der Waals surface area contributed by atoms with Crippen LogP contribution in [0.25, 0.3) is 0 Å². The first-order chi connectivity index (χ1) is 8.24. The zero-order chi connectivity index (χ0) is 11.8. The van der Waals surface area contributed by atoms with E-state index in [4.69, 9.17) is 0 Å². The van der Waals surface area contributed by atoms with Gasteiger partial charge in [-0.15, -0.1) is 0 Å². The average molecular weight is 233 g/mol. The van der Waals surface area contributed by atoms with E-state index in [-0.39, 0.29) is 11.5 Å². The second kappa shape index (κ2) is 4.00. The van der Waals surface area contributed by atoms with Gasteiger partial charge in [0, 0.05) is 44.0 Å². The van der Waals surface area contributed by atoms with Crippen LogP contribution in [-0.4, -0.2) is 42.0 Å². The Kier molecular flexibility index (Phi) is 2.48. The number of amides is 1. The van der Waals surface area contributed by atoms with Crippen molar-refractivity contribution < 1.29 is 4.79 Å². The molecule has 3 heterocycles. The highest BCUT2D eigenvalue weighted by molar-refractivity contribution is 5.94. The van der Waals surface area contributed by atoms with Crippen molar-refractivity contribution in [2.24, 2.45) is 11.8 Å². The highest BCUT2D eigenvalue weighted by atomic mass is 16.2. The van der Waals surface area contributed by atoms with Gasteiger partial charge in [0.2, 0.25) is 5.56 Å². The van der Waals surface area contributed by atoms with E-state index in [0.717, 1.165) is 26.2 Å². The highest BCUT2D eigenvalue weighted by Crippen LogP contribution is 2.27. The summed E-state index contributed by atoms with van der Waals surface area (Å²) in [4.78, 5) is 27.7. The first-order valence-corrected chi connectivity index (χ1v) is 5.93. The third-order valence-electron chi connectivity index (χ3n) is 3.70. The van der Waals surface area contributed by atoms with Crippen LogP contribution in [0, 0.1) is 11.8 Å². The van der Waals surface area contributed by atoms with Crippen LogP contribution >= 0.6 is 0 Å². The summed E-state index contributed by atoms with van der Waals surface area (Å²) in [5, 5.41) is 3.34. The minimum atomic E-state index is -0.225. The SMILES string of the molecule is O=C(c1cc[nH]c(=O)c1)N1C[C@H]2CNC[C@H]2C1. The molecule has 0 spiro atoms. The van der Waals surface area contributed by atoms with E-state index >= 15 is 0 Å². The van der Waals surface area contributed by atoms with E-state index in [1.54, 1.807) is 6.07 Å². The van der Waals surface area contributed by atoms with Crippen molar-refractivity contribution in [3.05, 3.63) is 34.2 Å². The van der Waals surface area contributed by atoms with Gasteiger partial charge in [-0.3, -0.25) is 9.59 Å². The zero-order valence-corrected chi connectivity index (χ0v) is 9.48. The van der Waals surface area contributed by atoms with E-state index in [1.807, 2.05) is 4.90 Å². The number of hydrogen-bond acceptors (Lipinski definition) is 3. The number of fused-ring (bicyclic) bond motifs is 1. The van der Waals surface area contributed by atoms with Crippen molar-refractivity contribution in [3.8, 4) is 0 Å². The van der Waals surface area contributed by atoms with E-state index in [2.05, 4.69) is 10.3 Å². The van der Waals surface area contributed by atoms with Gasteiger partial charge in [-0.25, -0.2) is 0 Å². The summed E-state index contributed by atoms with van der Waals surface area (Å²) in [5.74, 6) is 1.15. The fourth-order valence-electron chi connectivity index (χ4n) is 2.78. The molecule has 0 radical (unpaired) electrons. The van der Waals surface area contributed by atoms with Crippen LogP contribution in [0.15, 0.2) is 23.1 Å². The molecule has 2 N–H and O–H groups in total. The summed E-state index contributed by atoms with van der Waals surface area (Å²) in [7, 11) is 0. The van der Waals surface area contributed by atoms with E-state index in [1.165, 1.54) is 12.3 Å². The minimum absolute atomic E-state index is 0.0227. The molecule has 1 aromatic rings. The van der Waals surface area contributed by atoms with Crippen LogP contribution in [0.5, 0.6) is 0 Å². The lowest BCUT2D eigenvalue weighted by molar-refractivity contribution is 0.0781. The smallest absolute Gasteiger partial charge is 0.254 e. The summed E-state index contributed by atoms with van der Waals surface area (Å²) < 4.78 is 0. The van der Waals surface area contributed by atoms with Gasteiger partial charge in [-0.05, 0) is 17.9 Å². The number of carbonyl (C=O) groups excluding carboxylic acids is 1. The predicted molar refractivity (Wildman–Crippen MR) is 62.8 cm³/mol. The summed E-state index contributed by atoms with van der Waals surface area (Å²) >= 11 is 0. The summed E-state index contributed by atoms with van der Waals surface area (Å²) in [5.41, 5.74) is 0.263. The summed E-state index contributed by atoms with van der Waals surface area (Å²) in [6.07, 6.45) is 1.52. The van der Waals surface area contributed by atoms with Crippen LogP contribution < -0.4 is 10.9 Å². The van der Waals surface area contributed by atoms with Crippen LogP contribution in [0.1, 0.15) is 10.4 Å². The van der Waals surface area contributed by atoms with Gasteiger partial charge >= 0.3 is 0 Å². The summed E-state index contributed by atoms with van der Waals surface area (Å²) in [6, 6.07) is 3.03. The number of pyridine rings is 1. The predicted octanol–water partition coefficient (Wildman–Crippen LogP) is -0.334. The topological polar surface area (TPSA) is 65.2 Å². The van der Waals surface area contributed by atoms with Crippen molar-refractivity contribution in [1.82, 2.24) is 15.2 Å². The molecule has 1 aromatic heterocycles. The molecule has 2 aliphatic heterocycles. The van der Waals surface area contributed by atoms with Gasteiger partial charge < -0.3 is 15.2 Å². The molecule has 0 aromatic carbocycles. The lowest BCUT2D eigenvalue weighted by Gasteiger charge is -2.17. The fourth-order valence-corrected chi connectivity index (χ4v) is 2.78. The van der Waals surface area contributed by atoms with Crippen LogP contribution in [0.2, 0.25) is 0 Å². The molecule has 2 aliphatic rings. The number of aromatic amines is 1. The third-order valence-corrected chi connectivity index (χ3v) is 3.70. The van der Waals surface area contributed by atoms with Gasteiger partial charge in [0.15, 0.2) is 0 Å². The molecule has 0 bridgehead atoms. The highest BCUT2D eigenvalue weighted by Gasteiger charge is 2.38. The maximum atomic E-state index is 12.2. The second-order valence-electron chi connectivity index (χ2n) is 4.83. The van der Waals surface area contributed by atoms with E-state index in [0.29, 0.717) is 17.4 Å². The van der Waals surface area contributed by atoms with Gasteiger partial charge in [-0.2, -0.15) is 0 Å². The Balaban J connectivity index is 1.77. The first kappa shape index (κ1) is 10.5. The quantitative estimate of drug-likeness (QED) is 0.698. The number of hydrogen-bond donors (Lipinski definition) is 2. The Bertz CT molecular complexity index is 485. The summed E-state index contributed by atoms with van der Waals surface area (Å²) in [6.45, 7) is 3.63. The first-order valence-electron chi connectivity index (χ1n) is 5.93. The van der Waals surface area contributed by atoms with Crippen LogP contribution in [0.4, 0.5) is 0 Å². The molecule has 2 atom stereocenters. The third kappa shape index (κ3) is 1.86. The second-order valence-corrected chi connectivity index (χ2v) is 4.83. The zero-order valence-electron chi connectivity index (χ0n) is 9.48. The Labute approximate surface area is 98.8 Å². The molecule has 0 saturated carbocycles. The Morgan fingerprint density at radius 2 is 2.00 bits per heavy atom. The molecular weight excluding hydrogens is 218 g/mol. The number of H-pyrrole nitrogens is 1. The monoisotopic (exact) mass is 233 g/mol. The molecule has 5 nitrogen and oxygen atoms in total. The Morgan fingerprint density at radius 1 is 1.29 bits per heavy atom. The van der Waals surface area contributed by atoms with Gasteiger partial charge in [-0.1, -0.05) is 0 Å². The van der Waals surface area contributed by atoms with Crippen LogP contribution in [-0.2, 0) is 0 Å². The van der Waals surface area contributed by atoms with E-state index in [9.17, 15) is 9.59 Å². The van der Waals surface area contributed by atoms with Crippen molar-refractivity contribution in [1.29, 1.82) is 0 Å². The molecule has 2 fully saturated rings. The number of likely N-dealkylation sites (tertiary alicyclic amines) is 1. The molecule has 2 saturated heterocycles. The van der Waals surface area contributed by atoms with E-state index < -0.39 is 0 Å². The van der Waals surface area contributed by atoms with Gasteiger partial charge in [0.25, 0.3) is 5.91 Å². The average Bonchev–Trinajstić information content (AvgIpc) is 2.88. The molecule has 5 heteroatoms. The number of aromatic nitrogens is 1. The standard InChI is InChI=1S/C12H15N3O2/c16-11-3-8(1-2-14-11)12(17)15-6-9-4-13-5-10(9)7-15/h1-3,9-10,13H,4-7H2,(H,14,16)/t9-,10+. The largest absolute Gasteiger partial charge is 0.338 e. The molecule has 0 unspecified atom stereocenters. The normalized spacial score (nSPS) is 27.2. The number of nitrogens with zero attached hydrogens (tertiary/aromatic N) is 1. The molecular formula is C12H15N3O2. The molecule has 0 aliphatic carbocycles. The molecule has 90 valence electrons. The molecule has 3 rings (SSSR count). The lowest BCUT2D eigenvalue weighted by Crippen LogP contribution is -2.32. The van der Waals surface area contributed by atoms with Crippen LogP contribution in [0.3, 0.4) is 0 Å². The van der Waals surface area contributed by atoms with Crippen molar-refractivity contribution in [2.75, 3.05) is 26.2 Å². The number of rotatable bonds is 1. The maximum absolute atomic E-state index is 12.2. The fraction of sp³-hybridized carbons (Fsp3) is 0.500. The van der Waals surface area contributed by atoms with Crippen molar-refractivity contribution in [3.63, 3.8) is 0 Å². The maximum Gasteiger partial charge on any atom is 0.254 e. The van der Waals surface area contributed by atoms with Crippen molar-refractivity contribution >= 4 is 5.91 Å². The molecule has 1 amide bonds. The number of nitrogens with one attached hydrogen (secondary N) is 2. The Morgan fingerprint density at radius 3 is 2.65 bits per heavy atom. The Hall–Kier alpha value is -1.62. The van der Waals surface area contributed by atoms with Gasteiger partial charge in [0.05, 0.1) is 0 Å².